The molecule has 0 heteroatoms. The lowest BCUT2D eigenvalue weighted by Gasteiger charge is -2.18. The molecule has 0 aliphatic rings. The van der Waals surface area contributed by atoms with E-state index in [2.05, 4.69) is 0 Å². The van der Waals surface area contributed by atoms with Gasteiger partial charge in [-0.25, -0.2) is 0 Å². The van der Waals surface area contributed by atoms with Crippen molar-refractivity contribution in [3.63, 3.8) is 0 Å². The van der Waals surface area contributed by atoms with E-state index in [0.717, 1.165) is 6.07 Å². The van der Waals surface area contributed by atoms with E-state index in [1.54, 1.807) is 0 Å². The maximum absolute atomic E-state index is 9.30. The zero-order valence-corrected chi connectivity index (χ0v) is 18.1. The predicted molar refractivity (Wildman–Crippen MR) is 155 cm³/mol. The molecule has 0 aromatic heterocycles. The molecule has 0 atom stereocenters. The summed E-state index contributed by atoms with van der Waals surface area (Å²) in [7, 11) is 0. The van der Waals surface area contributed by atoms with Gasteiger partial charge in [0, 0.05) is 0 Å². The van der Waals surface area contributed by atoms with Gasteiger partial charge in [-0.1, -0.05) is 139 Å². The van der Waals surface area contributed by atoms with Crippen LogP contribution >= 0.6 is 0 Å². The monoisotopic (exact) mass is 479 g/mol. The molecule has 0 saturated heterocycles. The fourth-order valence-electron chi connectivity index (χ4n) is 4.04. The summed E-state index contributed by atoms with van der Waals surface area (Å²) >= 11 is 0. The van der Waals surface area contributed by atoms with Crippen molar-refractivity contribution in [2.75, 3.05) is 0 Å². The largest absolute Gasteiger partial charge is 0.0636 e. The van der Waals surface area contributed by atoms with Gasteiger partial charge in [-0.2, -0.15) is 0 Å². The maximum atomic E-state index is 9.30. The van der Waals surface area contributed by atoms with Gasteiger partial charge < -0.3 is 0 Å². The van der Waals surface area contributed by atoms with E-state index in [1.807, 2.05) is 0 Å². The maximum Gasteiger partial charge on any atom is 0.0636 e. The van der Waals surface area contributed by atoms with Crippen molar-refractivity contribution < 1.29 is 31.5 Å². The number of rotatable bonds is 3. The van der Waals surface area contributed by atoms with Gasteiger partial charge in [0.1, 0.15) is 0 Å². The van der Waals surface area contributed by atoms with Crippen LogP contribution in [0.5, 0.6) is 0 Å². The van der Waals surface area contributed by atoms with Crippen molar-refractivity contribution in [2.45, 2.75) is 0 Å². The molecule has 168 valence electrons. The van der Waals surface area contributed by atoms with Crippen LogP contribution in [0.2, 0.25) is 0 Å². The minimum atomic E-state index is -0.910. The summed E-state index contributed by atoms with van der Waals surface area (Å²) in [5.41, 5.74) is -3.50. The van der Waals surface area contributed by atoms with E-state index in [0.29, 0.717) is 0 Å². The lowest BCUT2D eigenvalue weighted by molar-refractivity contribution is 1.62. The summed E-state index contributed by atoms with van der Waals surface area (Å²) in [6, 6.07) is -18.1. The van der Waals surface area contributed by atoms with Crippen LogP contribution in [0.3, 0.4) is 0 Å². The molecular weight excluding hydrogens is 432 g/mol. The van der Waals surface area contributed by atoms with Crippen LogP contribution < -0.4 is 0 Å². The van der Waals surface area contributed by atoms with Crippen LogP contribution in [0.15, 0.2) is 145 Å². The Morgan fingerprint density at radius 2 is 0.833 bits per heavy atom. The molecule has 0 aliphatic carbocycles. The average molecular weight is 480 g/mol. The standard InChI is InChI=1S/C36H24/c1-2-11-27(12-3-1)35-31-14-6-8-16-33(31)36(34-17-9-7-15-32(34)35)28-21-18-26(19-22-28)30-23-20-25-10-4-5-13-29(25)24-30/h1-24H/i1D,2D,3D,4D,5D,6D,7D,8D,9D,10D,11D,12D,13D,14D,15D,16D,17D,18D,19D,20D,21D,23D,24D. The predicted octanol–water partition coefficient (Wildman–Crippen LogP) is 10.1. The first-order chi connectivity index (χ1) is 27.4. The highest BCUT2D eigenvalue weighted by atomic mass is 14.2. The minimum Gasteiger partial charge on any atom is -0.0622 e. The van der Waals surface area contributed by atoms with Gasteiger partial charge in [-0.05, 0) is 71.7 Å². The van der Waals surface area contributed by atoms with E-state index in [1.165, 1.54) is 0 Å². The molecule has 0 unspecified atom stereocenters. The second-order valence-corrected chi connectivity index (χ2v) is 7.58. The molecule has 0 N–H and O–H groups in total. The van der Waals surface area contributed by atoms with Crippen LogP contribution in [0.25, 0.3) is 65.7 Å². The van der Waals surface area contributed by atoms with Crippen LogP contribution in [0, 0.1) is 0 Å². The van der Waals surface area contributed by atoms with E-state index < -0.39 is 205 Å². The summed E-state index contributed by atoms with van der Waals surface area (Å²) in [6.45, 7) is 0. The lowest BCUT2D eigenvalue weighted by Crippen LogP contribution is -1.90. The number of hydrogen-bond donors (Lipinski definition) is 0. The van der Waals surface area contributed by atoms with Crippen LogP contribution in [-0.2, 0) is 0 Å². The summed E-state index contributed by atoms with van der Waals surface area (Å²) in [5, 5.41) is -3.23. The first-order valence-electron chi connectivity index (χ1n) is 22.1. The third-order valence-corrected chi connectivity index (χ3v) is 5.58. The second-order valence-electron chi connectivity index (χ2n) is 7.58. The van der Waals surface area contributed by atoms with Crippen molar-refractivity contribution in [3.05, 3.63) is 145 Å². The third kappa shape index (κ3) is 3.39. The second kappa shape index (κ2) is 8.52. The Bertz CT molecular complexity index is 3020. The molecule has 7 aromatic rings. The summed E-state index contributed by atoms with van der Waals surface area (Å²) in [5.74, 6) is 0. The van der Waals surface area contributed by atoms with Crippen molar-refractivity contribution >= 4 is 32.3 Å². The first-order valence-corrected chi connectivity index (χ1v) is 10.6. The fourth-order valence-corrected chi connectivity index (χ4v) is 4.04. The molecule has 0 fully saturated rings. The molecular formula is C36H24. The number of hydrogen-bond acceptors (Lipinski definition) is 0. The molecule has 0 saturated carbocycles. The molecule has 0 nitrogen and oxygen atoms in total. The van der Waals surface area contributed by atoms with Crippen LogP contribution in [0.4, 0.5) is 0 Å². The van der Waals surface area contributed by atoms with Gasteiger partial charge in [0.05, 0.1) is 31.5 Å². The minimum absolute atomic E-state index is 0.462. The highest BCUT2D eigenvalue weighted by molar-refractivity contribution is 6.21. The van der Waals surface area contributed by atoms with Crippen molar-refractivity contribution in [1.29, 1.82) is 0 Å². The first kappa shape index (κ1) is 7.91. The number of fused-ring (bicyclic) bond motifs is 3. The van der Waals surface area contributed by atoms with E-state index in [-0.39, 0.29) is 0 Å². The molecule has 0 spiro atoms. The van der Waals surface area contributed by atoms with Crippen LogP contribution in [0.1, 0.15) is 31.5 Å². The van der Waals surface area contributed by atoms with E-state index >= 15 is 0 Å². The number of benzene rings is 7. The van der Waals surface area contributed by atoms with Gasteiger partial charge >= 0.3 is 0 Å². The van der Waals surface area contributed by atoms with E-state index in [4.69, 9.17) is 28.8 Å². The third-order valence-electron chi connectivity index (χ3n) is 5.58. The molecule has 0 heterocycles. The Hall–Kier alpha value is -4.68. The van der Waals surface area contributed by atoms with E-state index in [9.17, 15) is 2.74 Å². The Morgan fingerprint density at radius 3 is 1.50 bits per heavy atom. The van der Waals surface area contributed by atoms with Gasteiger partial charge in [0.25, 0.3) is 0 Å². The highest BCUT2D eigenvalue weighted by Crippen LogP contribution is 2.43. The summed E-state index contributed by atoms with van der Waals surface area (Å²) < 4.78 is 200. The topological polar surface area (TPSA) is 0 Å². The Morgan fingerprint density at radius 1 is 0.333 bits per heavy atom. The van der Waals surface area contributed by atoms with Crippen molar-refractivity contribution in [3.8, 4) is 33.4 Å². The van der Waals surface area contributed by atoms with Gasteiger partial charge in [0.15, 0.2) is 0 Å². The summed E-state index contributed by atoms with van der Waals surface area (Å²) in [4.78, 5) is 0. The highest BCUT2D eigenvalue weighted by Gasteiger charge is 2.16. The molecule has 7 rings (SSSR count). The van der Waals surface area contributed by atoms with Crippen molar-refractivity contribution in [1.82, 2.24) is 0 Å². The zero-order valence-electron chi connectivity index (χ0n) is 41.1. The normalized spacial score (nSPS) is 20.3. The Labute approximate surface area is 243 Å². The molecule has 0 aliphatic heterocycles. The Kier molecular flexibility index (Phi) is 1.87. The fraction of sp³-hybridized carbons (Fsp3) is 0. The smallest absolute Gasteiger partial charge is 0.0622 e. The van der Waals surface area contributed by atoms with Gasteiger partial charge in [0.2, 0.25) is 0 Å². The molecule has 7 aromatic carbocycles. The lowest BCUT2D eigenvalue weighted by atomic mass is 9.86. The molecule has 0 radical (unpaired) electrons. The molecule has 0 bridgehead atoms. The Balaban J connectivity index is 1.76. The SMILES string of the molecule is [2H]c1cc(-c2c3c([2H])c([2H])c([2H])c([2H])c3c(-c3c([2H])c([2H])c([2H])c([2H])c3[2H])c3c([2H])c([2H])c([2H])c([2H])c23)c([2H])c([2H])c1-c1c([2H])c([2H])c2c([2H])c([2H])c([2H])c([2H])c2c1[2H]. The molecule has 0 amide bonds. The average Bonchev–Trinajstić information content (AvgIpc) is 3.20. The van der Waals surface area contributed by atoms with Gasteiger partial charge in [-0.15, -0.1) is 0 Å². The van der Waals surface area contributed by atoms with Crippen LogP contribution in [-0.4, -0.2) is 0 Å². The quantitative estimate of drug-likeness (QED) is 0.221. The summed E-state index contributed by atoms with van der Waals surface area (Å²) in [6.07, 6.45) is 0. The zero-order chi connectivity index (χ0) is 43.9. The molecule has 36 heavy (non-hydrogen) atoms. The van der Waals surface area contributed by atoms with Gasteiger partial charge in [-0.3, -0.25) is 0 Å². The van der Waals surface area contributed by atoms with Crippen molar-refractivity contribution in [2.24, 2.45) is 0 Å².